The number of nitrogens with zero attached hydrogens (tertiary/aromatic N) is 1. The van der Waals surface area contributed by atoms with Gasteiger partial charge in [0.05, 0.1) is 0 Å². The van der Waals surface area contributed by atoms with Gasteiger partial charge in [0, 0.05) is 30.1 Å². The van der Waals surface area contributed by atoms with Gasteiger partial charge in [-0.05, 0) is 37.5 Å². The van der Waals surface area contributed by atoms with E-state index in [1.165, 1.54) is 6.92 Å². The summed E-state index contributed by atoms with van der Waals surface area (Å²) in [6.45, 7) is 1.61. The van der Waals surface area contributed by atoms with Gasteiger partial charge in [-0.3, -0.25) is 4.79 Å². The Balaban J connectivity index is 2.05. The van der Waals surface area contributed by atoms with Crippen molar-refractivity contribution in [3.05, 3.63) is 34.9 Å². The SMILES string of the molecule is CC(=O)N(CC(F)(F)F)[C@@H](C)C1CCC(c2cccc(Cl)c2)N1. The minimum Gasteiger partial charge on any atom is -0.330 e. The van der Waals surface area contributed by atoms with Gasteiger partial charge in [0.2, 0.25) is 5.91 Å². The van der Waals surface area contributed by atoms with Crippen molar-refractivity contribution in [2.45, 2.75) is 51.0 Å². The van der Waals surface area contributed by atoms with Gasteiger partial charge in [-0.25, -0.2) is 0 Å². The molecule has 1 saturated heterocycles. The quantitative estimate of drug-likeness (QED) is 0.894. The molecular formula is C16H20ClF3N2O. The minimum absolute atomic E-state index is 0.0424. The largest absolute Gasteiger partial charge is 0.406 e. The van der Waals surface area contributed by atoms with Crippen molar-refractivity contribution in [2.75, 3.05) is 6.54 Å². The lowest BCUT2D eigenvalue weighted by molar-refractivity contribution is -0.164. The average Bonchev–Trinajstić information content (AvgIpc) is 2.92. The zero-order valence-corrected chi connectivity index (χ0v) is 13.8. The van der Waals surface area contributed by atoms with Crippen LogP contribution in [-0.4, -0.2) is 35.6 Å². The second kappa shape index (κ2) is 7.09. The number of amides is 1. The number of benzene rings is 1. The van der Waals surface area contributed by atoms with Crippen LogP contribution in [-0.2, 0) is 4.79 Å². The fraction of sp³-hybridized carbons (Fsp3) is 0.562. The van der Waals surface area contributed by atoms with E-state index in [4.69, 9.17) is 11.6 Å². The summed E-state index contributed by atoms with van der Waals surface area (Å²) in [6.07, 6.45) is -2.89. The molecule has 0 bridgehead atoms. The molecule has 3 atom stereocenters. The summed E-state index contributed by atoms with van der Waals surface area (Å²) in [6, 6.07) is 6.76. The Morgan fingerprint density at radius 3 is 2.70 bits per heavy atom. The third-order valence-corrected chi connectivity index (χ3v) is 4.50. The van der Waals surface area contributed by atoms with Crippen LogP contribution in [0.2, 0.25) is 5.02 Å². The van der Waals surface area contributed by atoms with E-state index < -0.39 is 24.7 Å². The molecule has 0 aliphatic carbocycles. The number of hydrogen-bond donors (Lipinski definition) is 1. The van der Waals surface area contributed by atoms with E-state index in [2.05, 4.69) is 5.32 Å². The molecule has 1 amide bonds. The van der Waals surface area contributed by atoms with Crippen LogP contribution in [0.4, 0.5) is 13.2 Å². The molecule has 1 aromatic carbocycles. The standard InChI is InChI=1S/C16H20ClF3N2O/c1-10(22(11(2)23)9-16(18,19)20)14-6-7-15(21-14)12-4-3-5-13(17)8-12/h3-5,8,10,14-15,21H,6-7,9H2,1-2H3/t10-,14?,15?/m0/s1. The molecule has 2 unspecified atom stereocenters. The second-order valence-electron chi connectivity index (χ2n) is 5.96. The molecule has 0 saturated carbocycles. The number of rotatable bonds is 4. The van der Waals surface area contributed by atoms with Crippen LogP contribution in [0, 0.1) is 0 Å². The Morgan fingerprint density at radius 2 is 2.13 bits per heavy atom. The van der Waals surface area contributed by atoms with Gasteiger partial charge < -0.3 is 10.2 Å². The van der Waals surface area contributed by atoms with Crippen molar-refractivity contribution in [2.24, 2.45) is 0 Å². The summed E-state index contributed by atoms with van der Waals surface area (Å²) in [5.74, 6) is -0.567. The first kappa shape index (κ1) is 18.1. The Bertz CT molecular complexity index is 565. The van der Waals surface area contributed by atoms with Gasteiger partial charge in [-0.2, -0.15) is 13.2 Å². The Labute approximate surface area is 138 Å². The normalized spacial score (nSPS) is 22.9. The van der Waals surface area contributed by atoms with Crippen molar-refractivity contribution >= 4 is 17.5 Å². The summed E-state index contributed by atoms with van der Waals surface area (Å²) in [7, 11) is 0. The van der Waals surface area contributed by atoms with Crippen molar-refractivity contribution in [1.82, 2.24) is 10.2 Å². The smallest absolute Gasteiger partial charge is 0.330 e. The lowest BCUT2D eigenvalue weighted by Crippen LogP contribution is -2.51. The molecule has 0 aromatic heterocycles. The van der Waals surface area contributed by atoms with Crippen molar-refractivity contribution in [1.29, 1.82) is 0 Å². The maximum Gasteiger partial charge on any atom is 0.406 e. The van der Waals surface area contributed by atoms with Crippen LogP contribution in [0.1, 0.15) is 38.3 Å². The Hall–Kier alpha value is -1.27. The molecular weight excluding hydrogens is 329 g/mol. The molecule has 128 valence electrons. The zero-order chi connectivity index (χ0) is 17.2. The first-order valence-electron chi connectivity index (χ1n) is 7.53. The molecule has 23 heavy (non-hydrogen) atoms. The number of halogens is 4. The minimum atomic E-state index is -4.40. The number of carbonyl (C=O) groups is 1. The topological polar surface area (TPSA) is 32.3 Å². The van der Waals surface area contributed by atoms with Crippen molar-refractivity contribution in [3.8, 4) is 0 Å². The van der Waals surface area contributed by atoms with Crippen molar-refractivity contribution < 1.29 is 18.0 Å². The van der Waals surface area contributed by atoms with Crippen LogP contribution in [0.3, 0.4) is 0 Å². The lowest BCUT2D eigenvalue weighted by Gasteiger charge is -2.33. The predicted octanol–water partition coefficient (Wildman–Crippen LogP) is 3.93. The summed E-state index contributed by atoms with van der Waals surface area (Å²) < 4.78 is 38.0. The second-order valence-corrected chi connectivity index (χ2v) is 6.40. The van der Waals surface area contributed by atoms with Gasteiger partial charge in [0.15, 0.2) is 0 Å². The highest BCUT2D eigenvalue weighted by Gasteiger charge is 2.38. The third kappa shape index (κ3) is 4.85. The molecule has 3 nitrogen and oxygen atoms in total. The summed E-state index contributed by atoms with van der Waals surface area (Å²) in [5.41, 5.74) is 1.01. The monoisotopic (exact) mass is 348 g/mol. The van der Waals surface area contributed by atoms with E-state index >= 15 is 0 Å². The fourth-order valence-electron chi connectivity index (χ4n) is 3.09. The molecule has 7 heteroatoms. The van der Waals surface area contributed by atoms with Gasteiger partial charge in [-0.1, -0.05) is 23.7 Å². The highest BCUT2D eigenvalue weighted by atomic mass is 35.5. The molecule has 1 aliphatic heterocycles. The molecule has 0 radical (unpaired) electrons. The first-order valence-corrected chi connectivity index (χ1v) is 7.90. The summed E-state index contributed by atoms with van der Waals surface area (Å²) >= 11 is 5.98. The van der Waals surface area contributed by atoms with Crippen LogP contribution >= 0.6 is 11.6 Å². The number of hydrogen-bond acceptors (Lipinski definition) is 2. The van der Waals surface area contributed by atoms with Crippen LogP contribution in [0.15, 0.2) is 24.3 Å². The molecule has 1 heterocycles. The summed E-state index contributed by atoms with van der Waals surface area (Å²) in [5, 5.41) is 3.96. The maximum atomic E-state index is 12.7. The highest BCUT2D eigenvalue weighted by molar-refractivity contribution is 6.30. The average molecular weight is 349 g/mol. The first-order chi connectivity index (χ1) is 10.7. The zero-order valence-electron chi connectivity index (χ0n) is 13.0. The van der Waals surface area contributed by atoms with Gasteiger partial charge in [-0.15, -0.1) is 0 Å². The van der Waals surface area contributed by atoms with E-state index in [0.717, 1.165) is 16.9 Å². The molecule has 0 spiro atoms. The van der Waals surface area contributed by atoms with Gasteiger partial charge in [0.25, 0.3) is 0 Å². The summed E-state index contributed by atoms with van der Waals surface area (Å²) in [4.78, 5) is 12.5. The predicted molar refractivity (Wildman–Crippen MR) is 83.3 cm³/mol. The number of carbonyl (C=O) groups excluding carboxylic acids is 1. The van der Waals surface area contributed by atoms with E-state index in [9.17, 15) is 18.0 Å². The molecule has 1 N–H and O–H groups in total. The number of nitrogens with one attached hydrogen (secondary N) is 1. The maximum absolute atomic E-state index is 12.7. The van der Waals surface area contributed by atoms with Crippen LogP contribution in [0.5, 0.6) is 0 Å². The van der Waals surface area contributed by atoms with Crippen LogP contribution in [0.25, 0.3) is 0 Å². The van der Waals surface area contributed by atoms with E-state index in [-0.39, 0.29) is 12.1 Å². The molecule has 1 aliphatic rings. The molecule has 1 aromatic rings. The Kier molecular flexibility index (Phi) is 5.57. The third-order valence-electron chi connectivity index (χ3n) is 4.26. The van der Waals surface area contributed by atoms with E-state index in [1.807, 2.05) is 18.2 Å². The van der Waals surface area contributed by atoms with Crippen LogP contribution < -0.4 is 5.32 Å². The van der Waals surface area contributed by atoms with Gasteiger partial charge >= 0.3 is 6.18 Å². The lowest BCUT2D eigenvalue weighted by atomic mass is 10.0. The fourth-order valence-corrected chi connectivity index (χ4v) is 3.29. The number of alkyl halides is 3. The van der Waals surface area contributed by atoms with Crippen molar-refractivity contribution in [3.63, 3.8) is 0 Å². The Morgan fingerprint density at radius 1 is 1.43 bits per heavy atom. The highest BCUT2D eigenvalue weighted by Crippen LogP contribution is 2.31. The van der Waals surface area contributed by atoms with Gasteiger partial charge in [0.1, 0.15) is 6.54 Å². The van der Waals surface area contributed by atoms with E-state index in [0.29, 0.717) is 11.4 Å². The molecule has 2 rings (SSSR count). The van der Waals surface area contributed by atoms with E-state index in [1.54, 1.807) is 13.0 Å². The molecule has 1 fully saturated rings.